The Balaban J connectivity index is 1.56. The van der Waals surface area contributed by atoms with E-state index in [0.29, 0.717) is 52.8 Å². The van der Waals surface area contributed by atoms with Gasteiger partial charge in [0.25, 0.3) is 0 Å². The number of nitriles is 1. The van der Waals surface area contributed by atoms with Gasteiger partial charge in [-0.15, -0.1) is 10.2 Å². The molecule has 6 rings (SSSR count). The van der Waals surface area contributed by atoms with Gasteiger partial charge < -0.3 is 20.7 Å². The number of nitrogen functional groups attached to an aromatic ring is 1. The third kappa shape index (κ3) is 4.24. The number of pyridine rings is 1. The lowest BCUT2D eigenvalue weighted by Gasteiger charge is -2.43. The molecule has 2 fully saturated rings. The average Bonchev–Trinajstić information content (AvgIpc) is 2.91. The first kappa shape index (κ1) is 23.3. The van der Waals surface area contributed by atoms with E-state index in [1.165, 1.54) is 18.3 Å². The summed E-state index contributed by atoms with van der Waals surface area (Å²) in [6.07, 6.45) is 4.08. The Kier molecular flexibility index (Phi) is 5.91. The van der Waals surface area contributed by atoms with Crippen molar-refractivity contribution in [3.63, 3.8) is 0 Å². The van der Waals surface area contributed by atoms with Crippen molar-refractivity contribution < 1.29 is 9.13 Å². The molecular weight excluding hydrogens is 469 g/mol. The maximum Gasteiger partial charge on any atom is 0.124 e. The minimum absolute atomic E-state index is 0.0446. The van der Waals surface area contributed by atoms with E-state index in [1.54, 1.807) is 6.20 Å². The first-order valence-electron chi connectivity index (χ1n) is 12.3. The zero-order valence-corrected chi connectivity index (χ0v) is 20.4. The lowest BCUT2D eigenvalue weighted by Crippen LogP contribution is -2.57. The van der Waals surface area contributed by atoms with E-state index >= 15 is 0 Å². The molecule has 8 nitrogen and oxygen atoms in total. The van der Waals surface area contributed by atoms with Crippen LogP contribution in [0, 0.1) is 24.1 Å². The number of anilines is 2. The number of aryl methyl sites for hydroxylation is 1. The number of rotatable bonds is 3. The minimum Gasteiger partial charge on any atom is -0.397 e. The number of hydrogen-bond donors (Lipinski definition) is 2. The van der Waals surface area contributed by atoms with Gasteiger partial charge in [0.2, 0.25) is 0 Å². The minimum atomic E-state index is -0.317. The third-order valence-corrected chi connectivity index (χ3v) is 7.18. The first-order valence-corrected chi connectivity index (χ1v) is 12.3. The summed E-state index contributed by atoms with van der Waals surface area (Å²) in [7, 11) is 0. The van der Waals surface area contributed by atoms with Crippen molar-refractivity contribution >= 4 is 22.3 Å². The van der Waals surface area contributed by atoms with Crippen LogP contribution in [0.4, 0.5) is 15.8 Å². The molecule has 0 amide bonds. The van der Waals surface area contributed by atoms with Crippen molar-refractivity contribution in [1.82, 2.24) is 20.5 Å². The molecule has 0 spiro atoms. The SMILES string of the molecule is Cc1cc(F)cc(-c2nnc3ccc(-c4cncc(C#N)c4N)cc3c2N2CCC3NCCOC3C2)c1. The molecule has 2 aliphatic rings. The van der Waals surface area contributed by atoms with E-state index in [0.717, 1.165) is 41.7 Å². The predicted octanol–water partition coefficient (Wildman–Crippen LogP) is 3.83. The Morgan fingerprint density at radius 3 is 2.89 bits per heavy atom. The number of piperidine rings is 1. The molecule has 0 saturated carbocycles. The molecule has 2 saturated heterocycles. The Labute approximate surface area is 213 Å². The molecular formula is C28H26FN7O. The maximum atomic E-state index is 14.5. The fourth-order valence-electron chi connectivity index (χ4n) is 5.41. The standard InChI is InChI=1S/C28H26FN7O/c1-16-8-18(10-20(29)9-16)27-28(36-6-4-24-25(15-36)37-7-5-33-24)21-11-17(2-3-23(21)34-35-27)22-14-32-13-19(12-30)26(22)31/h2-3,8-11,13-14,24-25,33H,4-7,15H2,1H3,(H2,31,32). The highest BCUT2D eigenvalue weighted by atomic mass is 19.1. The number of ether oxygens (including phenoxy) is 1. The number of hydrogen-bond acceptors (Lipinski definition) is 8. The van der Waals surface area contributed by atoms with Gasteiger partial charge in [-0.3, -0.25) is 4.98 Å². The lowest BCUT2D eigenvalue weighted by atomic mass is 9.96. The summed E-state index contributed by atoms with van der Waals surface area (Å²) in [5.74, 6) is -0.317. The monoisotopic (exact) mass is 495 g/mol. The first-order chi connectivity index (χ1) is 18.0. The molecule has 9 heteroatoms. The second-order valence-electron chi connectivity index (χ2n) is 9.61. The van der Waals surface area contributed by atoms with Crippen molar-refractivity contribution in [2.75, 3.05) is 36.9 Å². The zero-order valence-electron chi connectivity index (χ0n) is 20.4. The molecule has 0 bridgehead atoms. The Hall–Kier alpha value is -4.13. The number of halogens is 1. The van der Waals surface area contributed by atoms with E-state index in [-0.39, 0.29) is 11.9 Å². The van der Waals surface area contributed by atoms with Gasteiger partial charge in [0.05, 0.1) is 35.2 Å². The van der Waals surface area contributed by atoms with E-state index in [1.807, 2.05) is 31.2 Å². The summed E-state index contributed by atoms with van der Waals surface area (Å²) in [4.78, 5) is 6.48. The molecule has 186 valence electrons. The second-order valence-corrected chi connectivity index (χ2v) is 9.61. The summed E-state index contributed by atoms with van der Waals surface area (Å²) in [6.45, 7) is 4.86. The van der Waals surface area contributed by atoms with E-state index in [2.05, 4.69) is 31.5 Å². The van der Waals surface area contributed by atoms with Crippen molar-refractivity contribution in [3.8, 4) is 28.5 Å². The highest BCUT2D eigenvalue weighted by Gasteiger charge is 2.34. The number of benzene rings is 2. The summed E-state index contributed by atoms with van der Waals surface area (Å²) < 4.78 is 20.6. The van der Waals surface area contributed by atoms with Crippen LogP contribution in [0.2, 0.25) is 0 Å². The summed E-state index contributed by atoms with van der Waals surface area (Å²) in [6, 6.07) is 13.1. The van der Waals surface area contributed by atoms with Gasteiger partial charge >= 0.3 is 0 Å². The molecule has 4 aromatic rings. The summed E-state index contributed by atoms with van der Waals surface area (Å²) >= 11 is 0. The van der Waals surface area contributed by atoms with Crippen LogP contribution >= 0.6 is 0 Å². The van der Waals surface area contributed by atoms with Crippen LogP contribution in [0.25, 0.3) is 33.3 Å². The Morgan fingerprint density at radius 1 is 1.16 bits per heavy atom. The molecule has 3 N–H and O–H groups in total. The van der Waals surface area contributed by atoms with Gasteiger partial charge in [-0.25, -0.2) is 4.39 Å². The normalized spacial score (nSPS) is 19.4. The fraction of sp³-hybridized carbons (Fsp3) is 0.286. The van der Waals surface area contributed by atoms with Crippen LogP contribution < -0.4 is 16.0 Å². The van der Waals surface area contributed by atoms with Crippen molar-refractivity contribution in [2.24, 2.45) is 0 Å². The smallest absolute Gasteiger partial charge is 0.124 e. The van der Waals surface area contributed by atoms with Gasteiger partial charge in [0.1, 0.15) is 17.6 Å². The summed E-state index contributed by atoms with van der Waals surface area (Å²) in [5.41, 5.74) is 12.2. The molecule has 37 heavy (non-hydrogen) atoms. The number of nitrogens with one attached hydrogen (secondary N) is 1. The van der Waals surface area contributed by atoms with E-state index < -0.39 is 0 Å². The maximum absolute atomic E-state index is 14.5. The van der Waals surface area contributed by atoms with Crippen LogP contribution in [-0.2, 0) is 4.74 Å². The van der Waals surface area contributed by atoms with Gasteiger partial charge in [-0.2, -0.15) is 5.26 Å². The average molecular weight is 496 g/mol. The van der Waals surface area contributed by atoms with Crippen LogP contribution in [0.5, 0.6) is 0 Å². The van der Waals surface area contributed by atoms with Gasteiger partial charge in [0, 0.05) is 54.6 Å². The zero-order chi connectivity index (χ0) is 25.5. The molecule has 4 heterocycles. The third-order valence-electron chi connectivity index (χ3n) is 7.18. The Morgan fingerprint density at radius 2 is 2.05 bits per heavy atom. The molecule has 2 unspecified atom stereocenters. The van der Waals surface area contributed by atoms with E-state index in [9.17, 15) is 9.65 Å². The predicted molar refractivity (Wildman–Crippen MR) is 140 cm³/mol. The molecule has 0 aliphatic carbocycles. The van der Waals surface area contributed by atoms with Crippen molar-refractivity contribution in [3.05, 3.63) is 65.7 Å². The molecule has 2 atom stereocenters. The van der Waals surface area contributed by atoms with Gasteiger partial charge in [0.15, 0.2) is 0 Å². The van der Waals surface area contributed by atoms with Crippen LogP contribution in [0.1, 0.15) is 17.5 Å². The Bertz CT molecular complexity index is 1530. The number of nitrogens with zero attached hydrogens (tertiary/aromatic N) is 5. The lowest BCUT2D eigenvalue weighted by molar-refractivity contribution is -0.00897. The van der Waals surface area contributed by atoms with Crippen LogP contribution in [0.15, 0.2) is 48.8 Å². The number of fused-ring (bicyclic) bond motifs is 2. The number of aromatic nitrogens is 3. The highest BCUT2D eigenvalue weighted by molar-refractivity contribution is 6.01. The summed E-state index contributed by atoms with van der Waals surface area (Å²) in [5, 5.41) is 23.0. The highest BCUT2D eigenvalue weighted by Crippen LogP contribution is 2.39. The molecule has 0 radical (unpaired) electrons. The molecule has 2 aromatic heterocycles. The fourth-order valence-corrected chi connectivity index (χ4v) is 5.41. The molecule has 2 aliphatic heterocycles. The van der Waals surface area contributed by atoms with Crippen LogP contribution in [0.3, 0.4) is 0 Å². The number of nitrogens with two attached hydrogens (primary N) is 1. The number of morpholine rings is 1. The van der Waals surface area contributed by atoms with Gasteiger partial charge in [-0.05, 0) is 54.8 Å². The van der Waals surface area contributed by atoms with Gasteiger partial charge in [-0.1, -0.05) is 6.07 Å². The molecule has 2 aromatic carbocycles. The topological polar surface area (TPSA) is 113 Å². The quantitative estimate of drug-likeness (QED) is 0.441. The second kappa shape index (κ2) is 9.39. The van der Waals surface area contributed by atoms with Crippen molar-refractivity contribution in [2.45, 2.75) is 25.5 Å². The van der Waals surface area contributed by atoms with Crippen molar-refractivity contribution in [1.29, 1.82) is 5.26 Å². The van der Waals surface area contributed by atoms with E-state index in [4.69, 9.17) is 10.5 Å². The van der Waals surface area contributed by atoms with Crippen LogP contribution in [-0.4, -0.2) is 53.6 Å². The largest absolute Gasteiger partial charge is 0.397 e.